The fraction of sp³-hybridized carbons (Fsp3) is 0.533. The van der Waals surface area contributed by atoms with Crippen molar-refractivity contribution < 1.29 is 14.1 Å². The maximum absolute atomic E-state index is 11.1. The van der Waals surface area contributed by atoms with Crippen LogP contribution < -0.4 is 0 Å². The molecule has 1 unspecified atom stereocenters. The van der Waals surface area contributed by atoms with Crippen molar-refractivity contribution in [3.63, 3.8) is 0 Å². The Morgan fingerprint density at radius 3 is 2.26 bits per heavy atom. The zero-order chi connectivity index (χ0) is 14.7. The van der Waals surface area contributed by atoms with Gasteiger partial charge in [-0.25, -0.2) is 4.79 Å². The summed E-state index contributed by atoms with van der Waals surface area (Å²) in [5.74, 6) is 0.229. The van der Waals surface area contributed by atoms with Crippen LogP contribution in [0.5, 0.6) is 0 Å². The van der Waals surface area contributed by atoms with Crippen LogP contribution in [0.25, 0.3) is 0 Å². The van der Waals surface area contributed by atoms with E-state index in [0.29, 0.717) is 12.2 Å². The summed E-state index contributed by atoms with van der Waals surface area (Å²) >= 11 is 0. The lowest BCUT2D eigenvalue weighted by molar-refractivity contribution is -0.135. The van der Waals surface area contributed by atoms with Crippen molar-refractivity contribution in [2.24, 2.45) is 0 Å². The molecule has 108 valence electrons. The van der Waals surface area contributed by atoms with Crippen LogP contribution in [0.2, 0.25) is 0 Å². The van der Waals surface area contributed by atoms with Gasteiger partial charge in [0.2, 0.25) is 0 Å². The molecule has 0 aliphatic heterocycles. The van der Waals surface area contributed by atoms with Gasteiger partial charge in [0.25, 0.3) is 0 Å². The highest BCUT2D eigenvalue weighted by Crippen LogP contribution is 2.14. The molecular weight excluding hydrogens is 259 g/mol. The summed E-state index contributed by atoms with van der Waals surface area (Å²) in [4.78, 5) is 11.1. The molecule has 0 rings (SSSR count). The van der Waals surface area contributed by atoms with E-state index in [-0.39, 0.29) is 5.97 Å². The summed E-state index contributed by atoms with van der Waals surface area (Å²) in [5, 5.41) is 0. The second-order valence-corrected chi connectivity index (χ2v) is 4.90. The first-order valence-corrected chi connectivity index (χ1v) is 6.91. The van der Waals surface area contributed by atoms with Crippen molar-refractivity contribution in [1.82, 2.24) is 0 Å². The van der Waals surface area contributed by atoms with E-state index in [9.17, 15) is 4.79 Å². The number of ether oxygens (including phenoxy) is 1. The van der Waals surface area contributed by atoms with E-state index in [0.717, 1.165) is 19.3 Å². The fourth-order valence-electron chi connectivity index (χ4n) is 1.51. The molecule has 0 bridgehead atoms. The van der Waals surface area contributed by atoms with Crippen molar-refractivity contribution in [3.05, 3.63) is 35.1 Å². The van der Waals surface area contributed by atoms with E-state index >= 15 is 0 Å². The smallest absolute Gasteiger partial charge is 0.333 e. The van der Waals surface area contributed by atoms with Gasteiger partial charge in [-0.1, -0.05) is 23.3 Å². The quantitative estimate of drug-likeness (QED) is 0.219. The molecular formula is C15H25O3P. The number of rotatable bonds is 8. The molecule has 0 aromatic heterocycles. The first kappa shape index (κ1) is 17.9. The first-order chi connectivity index (χ1) is 8.99. The molecule has 0 aromatic rings. The van der Waals surface area contributed by atoms with Crippen LogP contribution in [-0.2, 0) is 14.1 Å². The molecule has 0 fully saturated rings. The molecule has 0 aromatic carbocycles. The standard InChI is InChI=1S/C15H25O3P/c1-12(2)7-5-8-13(3)9-6-10-14(18-19)11-15(16)17-4/h7,9,11H,5-6,8,10,19H2,1-4H3/b13-9+,14-11-. The maximum Gasteiger partial charge on any atom is 0.333 e. The average molecular weight is 284 g/mol. The van der Waals surface area contributed by atoms with Crippen LogP contribution in [0.4, 0.5) is 0 Å². The van der Waals surface area contributed by atoms with Gasteiger partial charge < -0.3 is 9.26 Å². The largest absolute Gasteiger partial charge is 0.484 e. The van der Waals surface area contributed by atoms with Crippen molar-refractivity contribution in [2.75, 3.05) is 7.11 Å². The molecule has 19 heavy (non-hydrogen) atoms. The van der Waals surface area contributed by atoms with E-state index in [2.05, 4.69) is 47.1 Å². The summed E-state index contributed by atoms with van der Waals surface area (Å²) in [6.07, 6.45) is 9.51. The SMILES string of the molecule is COC(=O)/C=C(/CC/C=C(\C)CCC=C(C)C)OP. The summed E-state index contributed by atoms with van der Waals surface area (Å²) in [6, 6.07) is 0. The Kier molecular flexibility index (Phi) is 10.2. The van der Waals surface area contributed by atoms with Gasteiger partial charge in [0, 0.05) is 6.42 Å². The van der Waals surface area contributed by atoms with Gasteiger partial charge >= 0.3 is 5.97 Å². The summed E-state index contributed by atoms with van der Waals surface area (Å²) in [5.41, 5.74) is 2.71. The molecule has 0 spiro atoms. The van der Waals surface area contributed by atoms with Gasteiger partial charge in [-0.15, -0.1) is 0 Å². The normalized spacial score (nSPS) is 12.1. The highest BCUT2D eigenvalue weighted by atomic mass is 31.0. The Labute approximate surface area is 119 Å². The first-order valence-electron chi connectivity index (χ1n) is 6.43. The molecule has 0 aliphatic rings. The zero-order valence-corrected chi connectivity index (χ0v) is 13.5. The van der Waals surface area contributed by atoms with Crippen LogP contribution in [-0.4, -0.2) is 13.1 Å². The number of hydrogen-bond acceptors (Lipinski definition) is 3. The lowest BCUT2D eigenvalue weighted by atomic mass is 10.1. The van der Waals surface area contributed by atoms with Gasteiger partial charge in [0.1, 0.15) is 5.76 Å². The van der Waals surface area contributed by atoms with Crippen LogP contribution in [0.1, 0.15) is 46.5 Å². The monoisotopic (exact) mass is 284 g/mol. The van der Waals surface area contributed by atoms with Crippen LogP contribution in [0.15, 0.2) is 35.1 Å². The van der Waals surface area contributed by atoms with E-state index in [1.54, 1.807) is 0 Å². The van der Waals surface area contributed by atoms with Gasteiger partial charge in [0.05, 0.1) is 22.7 Å². The van der Waals surface area contributed by atoms with E-state index in [1.165, 1.54) is 24.3 Å². The Morgan fingerprint density at radius 2 is 1.74 bits per heavy atom. The number of carbonyl (C=O) groups excluding carboxylic acids is 1. The van der Waals surface area contributed by atoms with Gasteiger partial charge in [-0.2, -0.15) is 0 Å². The van der Waals surface area contributed by atoms with E-state index < -0.39 is 0 Å². The van der Waals surface area contributed by atoms with Gasteiger partial charge in [-0.3, -0.25) is 0 Å². The lowest BCUT2D eigenvalue weighted by Gasteiger charge is -2.04. The predicted octanol–water partition coefficient (Wildman–Crippen LogP) is 4.32. The molecule has 0 amide bonds. The molecule has 0 heterocycles. The molecule has 4 heteroatoms. The minimum Gasteiger partial charge on any atom is -0.484 e. The van der Waals surface area contributed by atoms with E-state index in [4.69, 9.17) is 4.52 Å². The Morgan fingerprint density at radius 1 is 1.11 bits per heavy atom. The molecule has 3 nitrogen and oxygen atoms in total. The number of carbonyl (C=O) groups is 1. The predicted molar refractivity (Wildman–Crippen MR) is 82.6 cm³/mol. The highest BCUT2D eigenvalue weighted by Gasteiger charge is 2.01. The van der Waals surface area contributed by atoms with Crippen molar-refractivity contribution in [1.29, 1.82) is 0 Å². The average Bonchev–Trinajstić information content (AvgIpc) is 2.36. The number of methoxy groups -OCH3 is 1. The molecule has 0 radical (unpaired) electrons. The van der Waals surface area contributed by atoms with Gasteiger partial charge in [-0.05, 0) is 40.0 Å². The van der Waals surface area contributed by atoms with Crippen molar-refractivity contribution >= 4 is 15.4 Å². The number of allylic oxidation sites excluding steroid dienone is 5. The Hall–Kier alpha value is -1.08. The third-order valence-electron chi connectivity index (χ3n) is 2.61. The fourth-order valence-corrected chi connectivity index (χ4v) is 1.69. The second-order valence-electron chi connectivity index (χ2n) is 4.66. The summed E-state index contributed by atoms with van der Waals surface area (Å²) in [7, 11) is 3.51. The number of esters is 1. The van der Waals surface area contributed by atoms with Crippen LogP contribution in [0.3, 0.4) is 0 Å². The van der Waals surface area contributed by atoms with Gasteiger partial charge in [0.15, 0.2) is 0 Å². The summed E-state index contributed by atoms with van der Waals surface area (Å²) < 4.78 is 9.61. The molecule has 0 saturated carbocycles. The lowest BCUT2D eigenvalue weighted by Crippen LogP contribution is -1.97. The maximum atomic E-state index is 11.1. The second kappa shape index (κ2) is 10.8. The zero-order valence-electron chi connectivity index (χ0n) is 12.4. The van der Waals surface area contributed by atoms with E-state index in [1.807, 2.05) is 0 Å². The third-order valence-corrected chi connectivity index (χ3v) is 2.91. The van der Waals surface area contributed by atoms with Crippen LogP contribution in [0, 0.1) is 0 Å². The number of hydrogen-bond donors (Lipinski definition) is 0. The minimum absolute atomic E-state index is 0.387. The highest BCUT2D eigenvalue weighted by molar-refractivity contribution is 7.10. The van der Waals surface area contributed by atoms with Crippen molar-refractivity contribution in [3.8, 4) is 0 Å². The molecule has 1 atom stereocenters. The van der Waals surface area contributed by atoms with Crippen molar-refractivity contribution in [2.45, 2.75) is 46.5 Å². The van der Waals surface area contributed by atoms with Crippen LogP contribution >= 0.6 is 9.47 Å². The summed E-state index contributed by atoms with van der Waals surface area (Å²) in [6.45, 7) is 6.35. The Balaban J connectivity index is 4.13. The molecule has 0 aliphatic carbocycles. The Bertz CT molecular complexity index is 364. The molecule has 0 saturated heterocycles. The minimum atomic E-state index is -0.387. The molecule has 0 N–H and O–H groups in total. The topological polar surface area (TPSA) is 35.5 Å². The third kappa shape index (κ3) is 10.5.